The molecule has 6 nitrogen and oxygen atoms in total. The van der Waals surface area contributed by atoms with Gasteiger partial charge in [0.15, 0.2) is 0 Å². The second kappa shape index (κ2) is 10.1. The molecule has 6 heteroatoms. The summed E-state index contributed by atoms with van der Waals surface area (Å²) < 4.78 is 6.06. The maximum absolute atomic E-state index is 13.6. The van der Waals surface area contributed by atoms with Crippen LogP contribution in [0, 0.1) is 5.41 Å². The lowest BCUT2D eigenvalue weighted by Gasteiger charge is -2.43. The van der Waals surface area contributed by atoms with Gasteiger partial charge in [0.1, 0.15) is 12.4 Å². The molecule has 0 radical (unpaired) electrons. The first-order chi connectivity index (χ1) is 16.6. The third kappa shape index (κ3) is 4.92. The van der Waals surface area contributed by atoms with E-state index in [-0.39, 0.29) is 5.41 Å². The van der Waals surface area contributed by atoms with Gasteiger partial charge >= 0.3 is 0 Å². The van der Waals surface area contributed by atoms with Gasteiger partial charge in [0, 0.05) is 26.0 Å². The van der Waals surface area contributed by atoms with Crippen LogP contribution in [0.5, 0.6) is 5.75 Å². The van der Waals surface area contributed by atoms with E-state index in [0.29, 0.717) is 19.1 Å². The summed E-state index contributed by atoms with van der Waals surface area (Å²) in [4.78, 5) is 26.8. The number of fused-ring (bicyclic) bond motifs is 2. The standard InChI is InChI=1S/C28H34N4O2/c1-31-18-19-34-26-8-3-2-6-23(26)7-4-5-11-28(27(31)33)12-16-32(17-13-28)21-22-9-10-24-25(20-22)30-15-14-29-24/h2-3,6,8-10,14-15,20H,4-5,7,11-13,16-19,21H2,1H3. The number of likely N-dealkylation sites (tertiary alicyclic amines) is 1. The fraction of sp³-hybridized carbons (Fsp3) is 0.464. The molecule has 0 saturated carbocycles. The van der Waals surface area contributed by atoms with Crippen LogP contribution >= 0.6 is 0 Å². The monoisotopic (exact) mass is 458 g/mol. The van der Waals surface area contributed by atoms with Gasteiger partial charge in [-0.1, -0.05) is 30.7 Å². The molecule has 3 aromatic rings. The molecule has 0 aliphatic carbocycles. The van der Waals surface area contributed by atoms with Crippen LogP contribution in [0.25, 0.3) is 11.0 Å². The number of carbonyl (C=O) groups is 1. The SMILES string of the molecule is CN1CCOc2ccccc2CCCCC2(CCN(Cc3ccc4nccnc4c3)CC2)C1=O. The maximum Gasteiger partial charge on any atom is 0.228 e. The van der Waals surface area contributed by atoms with E-state index in [9.17, 15) is 4.79 Å². The molecule has 1 aromatic heterocycles. The Kier molecular flexibility index (Phi) is 6.77. The van der Waals surface area contributed by atoms with Crippen molar-refractivity contribution in [2.24, 2.45) is 5.41 Å². The molecule has 0 bridgehead atoms. The Morgan fingerprint density at radius 2 is 1.74 bits per heavy atom. The molecule has 0 unspecified atom stereocenters. The van der Waals surface area contributed by atoms with Crippen LogP contribution in [0.1, 0.15) is 43.2 Å². The van der Waals surface area contributed by atoms with Gasteiger partial charge in [-0.3, -0.25) is 19.7 Å². The maximum atomic E-state index is 13.6. The lowest BCUT2D eigenvalue weighted by molar-refractivity contribution is -0.145. The molecule has 0 N–H and O–H groups in total. The number of rotatable bonds is 2. The predicted molar refractivity (Wildman–Crippen MR) is 134 cm³/mol. The van der Waals surface area contributed by atoms with Gasteiger partial charge in [-0.15, -0.1) is 0 Å². The first kappa shape index (κ1) is 22.8. The van der Waals surface area contributed by atoms with E-state index in [0.717, 1.165) is 74.9 Å². The third-order valence-electron chi connectivity index (χ3n) is 7.56. The quantitative estimate of drug-likeness (QED) is 0.567. The summed E-state index contributed by atoms with van der Waals surface area (Å²) in [6.45, 7) is 3.93. The van der Waals surface area contributed by atoms with Crippen LogP contribution < -0.4 is 4.74 Å². The Morgan fingerprint density at radius 3 is 2.59 bits per heavy atom. The highest BCUT2D eigenvalue weighted by molar-refractivity contribution is 5.82. The lowest BCUT2D eigenvalue weighted by Crippen LogP contribution is -2.50. The van der Waals surface area contributed by atoms with Gasteiger partial charge in [-0.2, -0.15) is 0 Å². The number of hydrogen-bond acceptors (Lipinski definition) is 5. The molecule has 34 heavy (non-hydrogen) atoms. The van der Waals surface area contributed by atoms with E-state index < -0.39 is 0 Å². The number of aryl methyl sites for hydroxylation is 1. The molecule has 1 spiro atoms. The number of ether oxygens (including phenoxy) is 1. The zero-order valence-electron chi connectivity index (χ0n) is 20.1. The fourth-order valence-corrected chi connectivity index (χ4v) is 5.50. The average Bonchev–Trinajstić information content (AvgIpc) is 2.87. The number of piperidine rings is 1. The predicted octanol–water partition coefficient (Wildman–Crippen LogP) is 4.48. The number of carbonyl (C=O) groups excluding carboxylic acids is 1. The first-order valence-corrected chi connectivity index (χ1v) is 12.5. The van der Waals surface area contributed by atoms with Crippen molar-refractivity contribution in [1.82, 2.24) is 19.8 Å². The van der Waals surface area contributed by atoms with Crippen molar-refractivity contribution in [3.63, 3.8) is 0 Å². The fourth-order valence-electron chi connectivity index (χ4n) is 5.50. The van der Waals surface area contributed by atoms with Crippen LogP contribution in [0.2, 0.25) is 0 Å². The van der Waals surface area contributed by atoms with Gasteiger partial charge in [0.25, 0.3) is 0 Å². The molecule has 2 aliphatic rings. The van der Waals surface area contributed by atoms with Crippen molar-refractivity contribution in [1.29, 1.82) is 0 Å². The Bertz CT molecular complexity index is 1140. The second-order valence-electron chi connectivity index (χ2n) is 9.83. The molecular formula is C28H34N4O2. The van der Waals surface area contributed by atoms with Gasteiger partial charge in [-0.25, -0.2) is 0 Å². The highest BCUT2D eigenvalue weighted by atomic mass is 16.5. The van der Waals surface area contributed by atoms with Crippen molar-refractivity contribution in [2.45, 2.75) is 45.1 Å². The van der Waals surface area contributed by atoms with Crippen molar-refractivity contribution >= 4 is 16.9 Å². The van der Waals surface area contributed by atoms with Gasteiger partial charge in [-0.05, 0) is 74.5 Å². The minimum Gasteiger partial charge on any atom is -0.491 e. The minimum absolute atomic E-state index is 0.251. The third-order valence-corrected chi connectivity index (χ3v) is 7.56. The normalized spacial score (nSPS) is 19.8. The van der Waals surface area contributed by atoms with E-state index in [2.05, 4.69) is 45.2 Å². The van der Waals surface area contributed by atoms with Crippen molar-refractivity contribution in [3.8, 4) is 5.75 Å². The van der Waals surface area contributed by atoms with Gasteiger partial charge in [0.05, 0.1) is 23.0 Å². The molecule has 5 rings (SSSR count). The zero-order valence-corrected chi connectivity index (χ0v) is 20.1. The summed E-state index contributed by atoms with van der Waals surface area (Å²) in [6.07, 6.45) is 9.44. The largest absolute Gasteiger partial charge is 0.491 e. The van der Waals surface area contributed by atoms with Crippen molar-refractivity contribution in [2.75, 3.05) is 33.3 Å². The highest BCUT2D eigenvalue weighted by Gasteiger charge is 2.42. The Morgan fingerprint density at radius 1 is 0.941 bits per heavy atom. The Balaban J connectivity index is 1.25. The zero-order chi connectivity index (χ0) is 23.4. The molecule has 1 saturated heterocycles. The van der Waals surface area contributed by atoms with E-state index in [1.54, 1.807) is 12.4 Å². The van der Waals surface area contributed by atoms with E-state index in [4.69, 9.17) is 4.74 Å². The van der Waals surface area contributed by atoms with E-state index >= 15 is 0 Å². The van der Waals surface area contributed by atoms with E-state index in [1.165, 1.54) is 11.1 Å². The minimum atomic E-state index is -0.251. The average molecular weight is 459 g/mol. The number of nitrogens with zero attached hydrogens (tertiary/aromatic N) is 4. The molecular weight excluding hydrogens is 424 g/mol. The molecule has 2 aliphatic heterocycles. The summed E-state index contributed by atoms with van der Waals surface area (Å²) in [5, 5.41) is 0. The Hall–Kier alpha value is -2.99. The molecule has 0 atom stereocenters. The second-order valence-corrected chi connectivity index (χ2v) is 9.83. The molecule has 1 fully saturated rings. The number of amides is 1. The summed E-state index contributed by atoms with van der Waals surface area (Å²) in [7, 11) is 1.94. The first-order valence-electron chi connectivity index (χ1n) is 12.5. The smallest absolute Gasteiger partial charge is 0.228 e. The van der Waals surface area contributed by atoms with E-state index in [1.807, 2.05) is 24.1 Å². The van der Waals surface area contributed by atoms with Crippen LogP contribution in [-0.4, -0.2) is 59.0 Å². The molecule has 2 aromatic carbocycles. The van der Waals surface area contributed by atoms with Crippen LogP contribution in [0.15, 0.2) is 54.9 Å². The summed E-state index contributed by atoms with van der Waals surface area (Å²) in [6, 6.07) is 14.7. The number of hydrogen-bond donors (Lipinski definition) is 0. The number of para-hydroxylation sites is 1. The van der Waals surface area contributed by atoms with Crippen LogP contribution in [0.4, 0.5) is 0 Å². The van der Waals surface area contributed by atoms with Crippen LogP contribution in [0.3, 0.4) is 0 Å². The van der Waals surface area contributed by atoms with Gasteiger partial charge < -0.3 is 9.64 Å². The topological polar surface area (TPSA) is 58.6 Å². The Labute approximate surface area is 202 Å². The number of aromatic nitrogens is 2. The summed E-state index contributed by atoms with van der Waals surface area (Å²) in [5.74, 6) is 1.26. The molecule has 3 heterocycles. The van der Waals surface area contributed by atoms with Crippen LogP contribution in [-0.2, 0) is 17.8 Å². The van der Waals surface area contributed by atoms with Gasteiger partial charge in [0.2, 0.25) is 5.91 Å². The van der Waals surface area contributed by atoms with Crippen molar-refractivity contribution < 1.29 is 9.53 Å². The summed E-state index contributed by atoms with van der Waals surface area (Å²) >= 11 is 0. The molecule has 178 valence electrons. The number of benzene rings is 2. The molecule has 1 amide bonds. The highest BCUT2D eigenvalue weighted by Crippen LogP contribution is 2.39. The number of likely N-dealkylation sites (N-methyl/N-ethyl adjacent to an activating group) is 1. The summed E-state index contributed by atoms with van der Waals surface area (Å²) in [5.41, 5.74) is 4.15. The lowest BCUT2D eigenvalue weighted by atomic mass is 9.73. The van der Waals surface area contributed by atoms with Crippen molar-refractivity contribution in [3.05, 3.63) is 66.0 Å².